The second-order valence-corrected chi connectivity index (χ2v) is 6.26. The average Bonchev–Trinajstić information content (AvgIpc) is 2.43. The molecule has 0 aliphatic rings. The van der Waals surface area contributed by atoms with Crippen LogP contribution in [-0.2, 0) is 9.53 Å². The Hall–Kier alpha value is -0.960. The summed E-state index contributed by atoms with van der Waals surface area (Å²) >= 11 is 0. The summed E-state index contributed by atoms with van der Waals surface area (Å²) in [6.45, 7) is 11.9. The van der Waals surface area contributed by atoms with E-state index in [1.165, 1.54) is 5.56 Å². The van der Waals surface area contributed by atoms with Crippen molar-refractivity contribution in [2.24, 2.45) is 0 Å². The highest BCUT2D eigenvalue weighted by Crippen LogP contribution is 2.07. The molecule has 2 N–H and O–H groups in total. The van der Waals surface area contributed by atoms with Crippen LogP contribution in [0.25, 0.3) is 0 Å². The van der Waals surface area contributed by atoms with Crippen LogP contribution in [0.1, 0.15) is 33.3 Å². The standard InChI is InChI=1S/C7H8O.C5H12O.C4H10NOP/c1-6-2-4-7(8)5-3-6;1-5(2,3)6-4;1-4(3-6)5-7-2/h2-5,8H,1H3;1-4H3;3-5,7H,1-2H3/t;;4-/m..0/s1. The van der Waals surface area contributed by atoms with Crippen LogP contribution in [0.2, 0.25) is 0 Å². The Labute approximate surface area is 131 Å². The van der Waals surface area contributed by atoms with Gasteiger partial charge >= 0.3 is 0 Å². The highest BCUT2D eigenvalue weighted by Gasteiger charge is 2.04. The largest absolute Gasteiger partial charge is 0.508 e. The van der Waals surface area contributed by atoms with Crippen molar-refractivity contribution in [3.05, 3.63) is 29.8 Å². The van der Waals surface area contributed by atoms with E-state index in [4.69, 9.17) is 9.84 Å². The number of nitrogens with one attached hydrogen (secondary N) is 1. The van der Waals surface area contributed by atoms with Crippen LogP contribution < -0.4 is 5.09 Å². The van der Waals surface area contributed by atoms with E-state index in [9.17, 15) is 4.79 Å². The number of ether oxygens (including phenoxy) is 1. The molecular weight excluding hydrogens is 285 g/mol. The second kappa shape index (κ2) is 12.8. The summed E-state index contributed by atoms with van der Waals surface area (Å²) in [7, 11) is 2.37. The molecule has 21 heavy (non-hydrogen) atoms. The molecule has 0 bridgehead atoms. The number of benzene rings is 1. The summed E-state index contributed by atoms with van der Waals surface area (Å²) in [4.78, 5) is 9.84. The molecule has 0 aliphatic carbocycles. The Morgan fingerprint density at radius 3 is 1.90 bits per heavy atom. The molecule has 0 aliphatic heterocycles. The molecule has 2 atom stereocenters. The molecule has 0 amide bonds. The minimum absolute atomic E-state index is 0.0309. The maximum Gasteiger partial charge on any atom is 0.136 e. The van der Waals surface area contributed by atoms with Crippen molar-refractivity contribution in [2.75, 3.05) is 13.8 Å². The molecule has 1 aromatic rings. The lowest BCUT2D eigenvalue weighted by atomic mass is 10.2. The molecule has 0 spiro atoms. The molecular formula is C16H30NO3P. The summed E-state index contributed by atoms with van der Waals surface area (Å²) in [6.07, 6.45) is 0.899. The topological polar surface area (TPSA) is 58.6 Å². The van der Waals surface area contributed by atoms with Crippen molar-refractivity contribution in [3.8, 4) is 5.75 Å². The third kappa shape index (κ3) is 19.0. The number of hydrogen-bond donors (Lipinski definition) is 2. The van der Waals surface area contributed by atoms with E-state index >= 15 is 0 Å². The van der Waals surface area contributed by atoms with Crippen LogP contribution in [0.4, 0.5) is 0 Å². The van der Waals surface area contributed by atoms with Crippen LogP contribution in [0, 0.1) is 6.92 Å². The Morgan fingerprint density at radius 1 is 1.29 bits per heavy atom. The minimum Gasteiger partial charge on any atom is -0.508 e. The highest BCUT2D eigenvalue weighted by atomic mass is 31.1. The average molecular weight is 315 g/mol. The molecule has 122 valence electrons. The number of phenols is 1. The minimum atomic E-state index is 0.0309. The summed E-state index contributed by atoms with van der Waals surface area (Å²) in [5, 5.41) is 11.7. The summed E-state index contributed by atoms with van der Waals surface area (Å²) in [5.41, 5.74) is 1.21. The van der Waals surface area contributed by atoms with Crippen molar-refractivity contribution in [1.29, 1.82) is 0 Å². The summed E-state index contributed by atoms with van der Waals surface area (Å²) in [5.74, 6) is 0.329. The molecule has 4 nitrogen and oxygen atoms in total. The Balaban J connectivity index is 0. The number of rotatable bonds is 3. The van der Waals surface area contributed by atoms with Crippen LogP contribution in [0.15, 0.2) is 24.3 Å². The first-order valence-electron chi connectivity index (χ1n) is 6.84. The SMILES string of the molecule is COC(C)(C)C.CPN[C@@H](C)C=O.Cc1ccc(O)cc1. The number of hydrogen-bond acceptors (Lipinski definition) is 4. The zero-order chi connectivity index (χ0) is 16.9. The first-order valence-corrected chi connectivity index (χ1v) is 8.34. The monoisotopic (exact) mass is 315 g/mol. The number of aldehydes is 1. The van der Waals surface area contributed by atoms with Gasteiger partial charge in [0.2, 0.25) is 0 Å². The number of carbonyl (C=O) groups is 1. The van der Waals surface area contributed by atoms with Gasteiger partial charge < -0.3 is 14.6 Å². The van der Waals surface area contributed by atoms with Crippen molar-refractivity contribution in [1.82, 2.24) is 5.09 Å². The quantitative estimate of drug-likeness (QED) is 0.662. The van der Waals surface area contributed by atoms with Gasteiger partial charge in [0, 0.05) is 7.11 Å². The Morgan fingerprint density at radius 2 is 1.71 bits per heavy atom. The number of aryl methyl sites for hydroxylation is 1. The Kier molecular flexibility index (Phi) is 13.6. The van der Waals surface area contributed by atoms with E-state index < -0.39 is 0 Å². The normalized spacial score (nSPS) is 12.0. The number of phenolic OH excluding ortho intramolecular Hbond substituents is 1. The molecule has 1 aromatic carbocycles. The van der Waals surface area contributed by atoms with Gasteiger partial charge in [-0.1, -0.05) is 26.4 Å². The van der Waals surface area contributed by atoms with Crippen molar-refractivity contribution in [3.63, 3.8) is 0 Å². The molecule has 0 heterocycles. The second-order valence-electron chi connectivity index (χ2n) is 5.47. The van der Waals surface area contributed by atoms with Crippen LogP contribution >= 0.6 is 8.73 Å². The van der Waals surface area contributed by atoms with Gasteiger partial charge in [0.1, 0.15) is 12.0 Å². The first-order chi connectivity index (χ1) is 9.66. The van der Waals surface area contributed by atoms with Gasteiger partial charge in [-0.3, -0.25) is 5.09 Å². The van der Waals surface area contributed by atoms with Crippen molar-refractivity contribution >= 4 is 15.0 Å². The molecule has 1 unspecified atom stereocenters. The molecule has 0 fully saturated rings. The van der Waals surface area contributed by atoms with E-state index in [2.05, 4.69) is 5.09 Å². The molecule has 1 rings (SSSR count). The maximum absolute atomic E-state index is 9.84. The van der Waals surface area contributed by atoms with Crippen LogP contribution in [0.5, 0.6) is 5.75 Å². The van der Waals surface area contributed by atoms with Crippen molar-refractivity contribution < 1.29 is 14.6 Å². The van der Waals surface area contributed by atoms with Gasteiger partial charge in [0.05, 0.1) is 11.6 Å². The zero-order valence-electron chi connectivity index (χ0n) is 14.2. The molecule has 0 radical (unpaired) electrons. The van der Waals surface area contributed by atoms with E-state index in [0.717, 1.165) is 6.29 Å². The summed E-state index contributed by atoms with van der Waals surface area (Å²) in [6, 6.07) is 7.12. The van der Waals surface area contributed by atoms with Gasteiger partial charge in [0.15, 0.2) is 0 Å². The highest BCUT2D eigenvalue weighted by molar-refractivity contribution is 7.34. The lowest BCUT2D eigenvalue weighted by Crippen LogP contribution is -2.17. The summed E-state index contributed by atoms with van der Waals surface area (Å²) < 4.78 is 4.94. The molecule has 0 saturated carbocycles. The third-order valence-electron chi connectivity index (χ3n) is 2.22. The van der Waals surface area contributed by atoms with Crippen LogP contribution in [0.3, 0.4) is 0 Å². The number of carbonyl (C=O) groups excluding carboxylic acids is 1. The van der Waals surface area contributed by atoms with E-state index in [1.807, 2.05) is 53.4 Å². The van der Waals surface area contributed by atoms with Gasteiger partial charge in [0.25, 0.3) is 0 Å². The molecule has 5 heteroatoms. The fourth-order valence-corrected chi connectivity index (χ4v) is 1.33. The zero-order valence-corrected chi connectivity index (χ0v) is 15.2. The predicted molar refractivity (Wildman–Crippen MR) is 92.5 cm³/mol. The van der Waals surface area contributed by atoms with Gasteiger partial charge in [-0.25, -0.2) is 0 Å². The number of methoxy groups -OCH3 is 1. The molecule has 0 saturated heterocycles. The van der Waals surface area contributed by atoms with E-state index in [1.54, 1.807) is 19.2 Å². The van der Waals surface area contributed by atoms with Gasteiger partial charge in [-0.2, -0.15) is 0 Å². The van der Waals surface area contributed by atoms with Crippen molar-refractivity contribution in [2.45, 2.75) is 46.3 Å². The lowest BCUT2D eigenvalue weighted by Gasteiger charge is -2.14. The van der Waals surface area contributed by atoms with Gasteiger partial charge in [-0.15, -0.1) is 0 Å². The lowest BCUT2D eigenvalue weighted by molar-refractivity contribution is -0.108. The van der Waals surface area contributed by atoms with Gasteiger partial charge in [-0.05, 0) is 53.4 Å². The predicted octanol–water partition coefficient (Wildman–Crippen LogP) is 3.52. The smallest absolute Gasteiger partial charge is 0.136 e. The van der Waals surface area contributed by atoms with E-state index in [0.29, 0.717) is 14.5 Å². The fraction of sp³-hybridized carbons (Fsp3) is 0.562. The third-order valence-corrected chi connectivity index (χ3v) is 2.97. The van der Waals surface area contributed by atoms with Crippen LogP contribution in [-0.4, -0.2) is 36.8 Å². The number of aromatic hydroxyl groups is 1. The Bertz CT molecular complexity index is 340. The molecule has 0 aromatic heterocycles. The fourth-order valence-electron chi connectivity index (χ4n) is 0.806. The maximum atomic E-state index is 9.84. The van der Waals surface area contributed by atoms with E-state index in [-0.39, 0.29) is 11.6 Å². The first kappa shape index (κ1) is 22.3.